The average molecular weight is 622 g/mol. The number of piperazine rings is 1. The fourth-order valence-corrected chi connectivity index (χ4v) is 7.03. The van der Waals surface area contributed by atoms with Crippen LogP contribution in [0.2, 0.25) is 0 Å². The van der Waals surface area contributed by atoms with Crippen LogP contribution < -0.4 is 25.2 Å². The molecule has 3 saturated heterocycles. The number of benzene rings is 3. The largest absolute Gasteiger partial charge is 0.493 e. The predicted molar refractivity (Wildman–Crippen MR) is 186 cm³/mol. The van der Waals surface area contributed by atoms with Crippen molar-refractivity contribution in [3.8, 4) is 5.75 Å². The first kappa shape index (κ1) is 30.7. The number of fused-ring (bicyclic) bond motifs is 1. The Morgan fingerprint density at radius 1 is 0.804 bits per heavy atom. The minimum atomic E-state index is -0.0853. The summed E-state index contributed by atoms with van der Waals surface area (Å²) in [6, 6.07) is 25.8. The Bertz CT molecular complexity index is 1550. The Morgan fingerprint density at radius 3 is 2.22 bits per heavy atom. The average Bonchev–Trinajstić information content (AvgIpc) is 3.12. The first-order chi connectivity index (χ1) is 22.7. The Balaban J connectivity index is 1.12. The third kappa shape index (κ3) is 7.38. The van der Waals surface area contributed by atoms with Crippen molar-refractivity contribution in [1.29, 1.82) is 0 Å². The summed E-state index contributed by atoms with van der Waals surface area (Å²) >= 11 is 0. The molecular formula is C37H47N7O2. The zero-order valence-corrected chi connectivity index (χ0v) is 26.8. The predicted octanol–water partition coefficient (Wildman–Crippen LogP) is 4.90. The summed E-state index contributed by atoms with van der Waals surface area (Å²) in [6.07, 6.45) is 4.32. The molecule has 46 heavy (non-hydrogen) atoms. The van der Waals surface area contributed by atoms with E-state index in [1.807, 2.05) is 12.1 Å². The highest BCUT2D eigenvalue weighted by Crippen LogP contribution is 2.33. The van der Waals surface area contributed by atoms with Crippen LogP contribution in [0.25, 0.3) is 10.9 Å². The van der Waals surface area contributed by atoms with Gasteiger partial charge in [-0.2, -0.15) is 4.98 Å². The number of hydrogen-bond acceptors (Lipinski definition) is 9. The van der Waals surface area contributed by atoms with Gasteiger partial charge in [0.2, 0.25) is 5.95 Å². The van der Waals surface area contributed by atoms with E-state index in [1.54, 1.807) is 0 Å². The quantitative estimate of drug-likeness (QED) is 0.229. The van der Waals surface area contributed by atoms with Crippen LogP contribution in [0.1, 0.15) is 36.8 Å². The maximum atomic E-state index is 10.4. The number of ether oxygens (including phenoxy) is 1. The Kier molecular flexibility index (Phi) is 9.79. The molecule has 0 radical (unpaired) electrons. The molecule has 9 nitrogen and oxygen atoms in total. The molecule has 3 aliphatic rings. The lowest BCUT2D eigenvalue weighted by Crippen LogP contribution is -2.47. The van der Waals surface area contributed by atoms with Gasteiger partial charge in [0.15, 0.2) is 0 Å². The van der Waals surface area contributed by atoms with Gasteiger partial charge in [-0.1, -0.05) is 48.5 Å². The molecule has 9 heteroatoms. The summed E-state index contributed by atoms with van der Waals surface area (Å²) < 4.78 is 6.38. The third-order valence-electron chi connectivity index (χ3n) is 9.83. The van der Waals surface area contributed by atoms with Crippen LogP contribution in [0.15, 0.2) is 72.8 Å². The lowest BCUT2D eigenvalue weighted by Gasteiger charge is -2.36. The zero-order chi connectivity index (χ0) is 31.1. The van der Waals surface area contributed by atoms with E-state index in [9.17, 15) is 5.11 Å². The summed E-state index contributed by atoms with van der Waals surface area (Å²) in [7, 11) is 0. The molecule has 242 valence electrons. The van der Waals surface area contributed by atoms with Gasteiger partial charge in [-0.25, -0.2) is 4.98 Å². The fourth-order valence-electron chi connectivity index (χ4n) is 7.03. The van der Waals surface area contributed by atoms with Gasteiger partial charge in [-0.15, -0.1) is 0 Å². The molecule has 1 aromatic heterocycles. The molecule has 3 fully saturated rings. The van der Waals surface area contributed by atoms with E-state index >= 15 is 0 Å². The highest BCUT2D eigenvalue weighted by molar-refractivity contribution is 5.92. The van der Waals surface area contributed by atoms with Crippen molar-refractivity contribution in [2.24, 2.45) is 5.92 Å². The maximum Gasteiger partial charge on any atom is 0.228 e. The summed E-state index contributed by atoms with van der Waals surface area (Å²) in [4.78, 5) is 17.6. The number of para-hydroxylation sites is 1. The number of rotatable bonds is 10. The van der Waals surface area contributed by atoms with E-state index in [1.165, 1.54) is 11.3 Å². The van der Waals surface area contributed by atoms with Gasteiger partial charge in [0.05, 0.1) is 18.7 Å². The van der Waals surface area contributed by atoms with Crippen LogP contribution >= 0.6 is 0 Å². The van der Waals surface area contributed by atoms with Gasteiger partial charge >= 0.3 is 0 Å². The summed E-state index contributed by atoms with van der Waals surface area (Å²) in [6.45, 7) is 9.26. The number of aliphatic hydroxyl groups is 1. The van der Waals surface area contributed by atoms with Crippen molar-refractivity contribution >= 4 is 28.4 Å². The number of piperidine rings is 2. The highest BCUT2D eigenvalue weighted by atomic mass is 16.5. The first-order valence-corrected chi connectivity index (χ1v) is 17.1. The first-order valence-electron chi connectivity index (χ1n) is 17.1. The van der Waals surface area contributed by atoms with Crippen molar-refractivity contribution < 1.29 is 9.84 Å². The number of likely N-dealkylation sites (tertiary alicyclic amines) is 1. The molecule has 0 bridgehead atoms. The SMILES string of the molecule is OCc1cc2c(NC3CCN(Cc4ccccc4)CC3)nc(N3CCN(c4ccccc4)CC3)nc2cc1OCC1CCNCC1. The topological polar surface area (TPSA) is 89.0 Å². The van der Waals surface area contributed by atoms with Crippen LogP contribution in [0.5, 0.6) is 5.75 Å². The molecule has 7 rings (SSSR count). The van der Waals surface area contributed by atoms with Crippen LogP contribution in [0.3, 0.4) is 0 Å². The van der Waals surface area contributed by atoms with Gasteiger partial charge in [0.25, 0.3) is 0 Å². The monoisotopic (exact) mass is 621 g/mol. The van der Waals surface area contributed by atoms with Crippen molar-refractivity contribution in [2.45, 2.75) is 44.9 Å². The lowest BCUT2D eigenvalue weighted by molar-refractivity contribution is 0.207. The molecule has 4 aromatic rings. The van der Waals surface area contributed by atoms with Crippen molar-refractivity contribution in [3.63, 3.8) is 0 Å². The molecule has 3 aliphatic heterocycles. The Labute approximate surface area is 272 Å². The molecule has 3 aromatic carbocycles. The van der Waals surface area contributed by atoms with E-state index in [0.29, 0.717) is 18.6 Å². The number of hydrogen-bond donors (Lipinski definition) is 3. The van der Waals surface area contributed by atoms with Gasteiger partial charge in [0, 0.05) is 74.6 Å². The second-order valence-corrected chi connectivity index (χ2v) is 13.0. The number of aromatic nitrogens is 2. The molecule has 0 saturated carbocycles. The van der Waals surface area contributed by atoms with Crippen molar-refractivity contribution in [2.75, 3.05) is 74.1 Å². The number of aliphatic hydroxyl groups excluding tert-OH is 1. The standard InChI is InChI=1S/C37H47N7O2/c45-26-30-23-33-34(24-35(30)46-27-29-11-15-38-16-12-29)40-37(44-21-19-43(20-22-44)32-9-5-2-6-10-32)41-36(33)39-31-13-17-42(18-14-31)25-28-7-3-1-4-8-28/h1-10,23-24,29,31,38,45H,11-22,25-27H2,(H,39,40,41). The summed E-state index contributed by atoms with van der Waals surface area (Å²) in [5, 5.41) is 18.6. The van der Waals surface area contributed by atoms with E-state index in [-0.39, 0.29) is 6.61 Å². The lowest BCUT2D eigenvalue weighted by atomic mass is 9.99. The van der Waals surface area contributed by atoms with E-state index < -0.39 is 0 Å². The van der Waals surface area contributed by atoms with Gasteiger partial charge in [0.1, 0.15) is 11.6 Å². The van der Waals surface area contributed by atoms with E-state index in [4.69, 9.17) is 14.7 Å². The van der Waals surface area contributed by atoms with Gasteiger partial charge in [-0.05, 0) is 68.5 Å². The highest BCUT2D eigenvalue weighted by Gasteiger charge is 2.25. The minimum absolute atomic E-state index is 0.0853. The molecular weight excluding hydrogens is 574 g/mol. The molecule has 0 unspecified atom stereocenters. The van der Waals surface area contributed by atoms with E-state index in [0.717, 1.165) is 119 Å². The van der Waals surface area contributed by atoms with Crippen LogP contribution in [0, 0.1) is 5.92 Å². The van der Waals surface area contributed by atoms with E-state index in [2.05, 4.69) is 86.0 Å². The maximum absolute atomic E-state index is 10.4. The molecule has 0 aliphatic carbocycles. The van der Waals surface area contributed by atoms with Gasteiger partial charge in [-0.3, -0.25) is 4.90 Å². The number of anilines is 3. The van der Waals surface area contributed by atoms with Crippen molar-refractivity contribution in [1.82, 2.24) is 20.2 Å². The van der Waals surface area contributed by atoms with Crippen LogP contribution in [0.4, 0.5) is 17.5 Å². The number of nitrogens with one attached hydrogen (secondary N) is 2. The number of nitrogens with zero attached hydrogens (tertiary/aromatic N) is 5. The smallest absolute Gasteiger partial charge is 0.228 e. The Hall–Kier alpha value is -3.92. The molecule has 0 spiro atoms. The summed E-state index contributed by atoms with van der Waals surface area (Å²) in [5.74, 6) is 2.86. The molecule has 3 N–H and O–H groups in total. The second kappa shape index (κ2) is 14.7. The fraction of sp³-hybridized carbons (Fsp3) is 0.459. The Morgan fingerprint density at radius 2 is 1.50 bits per heavy atom. The van der Waals surface area contributed by atoms with Crippen LogP contribution in [-0.4, -0.2) is 85.0 Å². The zero-order valence-electron chi connectivity index (χ0n) is 26.8. The summed E-state index contributed by atoms with van der Waals surface area (Å²) in [5.41, 5.74) is 4.27. The van der Waals surface area contributed by atoms with Crippen molar-refractivity contribution in [3.05, 3.63) is 83.9 Å². The van der Waals surface area contributed by atoms with Crippen LogP contribution in [-0.2, 0) is 13.2 Å². The van der Waals surface area contributed by atoms with Gasteiger partial charge < -0.3 is 30.3 Å². The minimum Gasteiger partial charge on any atom is -0.493 e. The third-order valence-corrected chi connectivity index (χ3v) is 9.83. The normalized spacial score (nSPS) is 18.6. The molecule has 0 atom stereocenters. The molecule has 0 amide bonds. The molecule has 4 heterocycles. The second-order valence-electron chi connectivity index (χ2n) is 13.0.